The van der Waals surface area contributed by atoms with Gasteiger partial charge in [-0.2, -0.15) is 0 Å². The van der Waals surface area contributed by atoms with E-state index in [1.807, 2.05) is 6.92 Å². The Hall–Kier alpha value is -1.58. The molecule has 5 heteroatoms. The highest BCUT2D eigenvalue weighted by atomic mass is 35.5. The Bertz CT molecular complexity index is 609. The van der Waals surface area contributed by atoms with Crippen LogP contribution >= 0.6 is 23.2 Å². The van der Waals surface area contributed by atoms with Crippen molar-refractivity contribution in [2.75, 3.05) is 6.61 Å². The Balaban J connectivity index is 2.28. The molecule has 1 aromatic heterocycles. The van der Waals surface area contributed by atoms with Gasteiger partial charge in [0, 0.05) is 27.4 Å². The summed E-state index contributed by atoms with van der Waals surface area (Å²) in [7, 11) is 0. The molecule has 0 unspecified atom stereocenters. The molecule has 0 saturated heterocycles. The number of halogens is 2. The molecule has 0 aliphatic heterocycles. The summed E-state index contributed by atoms with van der Waals surface area (Å²) in [6.07, 6.45) is 3.97. The van der Waals surface area contributed by atoms with E-state index >= 15 is 0 Å². The fourth-order valence-corrected chi connectivity index (χ4v) is 2.22. The molecule has 3 nitrogen and oxygen atoms in total. The van der Waals surface area contributed by atoms with Gasteiger partial charge in [0.25, 0.3) is 0 Å². The molecule has 0 atom stereocenters. The SMILES string of the molecule is CCCOc1cncc(C(=O)c2cc(Cl)cc(Cl)c2)c1. The first-order chi connectivity index (χ1) is 9.60. The molecule has 2 aromatic rings. The van der Waals surface area contributed by atoms with E-state index in [4.69, 9.17) is 27.9 Å². The monoisotopic (exact) mass is 309 g/mol. The molecule has 0 fully saturated rings. The average Bonchev–Trinajstić information content (AvgIpc) is 2.43. The van der Waals surface area contributed by atoms with Gasteiger partial charge in [-0.1, -0.05) is 30.1 Å². The number of ether oxygens (including phenoxy) is 1. The third-order valence-electron chi connectivity index (χ3n) is 2.57. The molecule has 1 heterocycles. The summed E-state index contributed by atoms with van der Waals surface area (Å²) in [5.41, 5.74) is 0.869. The van der Waals surface area contributed by atoms with Gasteiger partial charge in [-0.3, -0.25) is 9.78 Å². The minimum absolute atomic E-state index is 0.191. The molecular formula is C15H13Cl2NO2. The summed E-state index contributed by atoms with van der Waals surface area (Å²) in [5.74, 6) is 0.384. The van der Waals surface area contributed by atoms with Crippen LogP contribution in [0.3, 0.4) is 0 Å². The van der Waals surface area contributed by atoms with Gasteiger partial charge in [0.2, 0.25) is 0 Å². The normalized spacial score (nSPS) is 10.3. The summed E-state index contributed by atoms with van der Waals surface area (Å²) >= 11 is 11.8. The molecule has 0 N–H and O–H groups in total. The zero-order chi connectivity index (χ0) is 14.5. The molecule has 0 amide bonds. The largest absolute Gasteiger partial charge is 0.492 e. The van der Waals surface area contributed by atoms with Gasteiger partial charge in [0.05, 0.1) is 12.8 Å². The van der Waals surface area contributed by atoms with Crippen molar-refractivity contribution >= 4 is 29.0 Å². The van der Waals surface area contributed by atoms with Crippen LogP contribution in [-0.2, 0) is 0 Å². The molecule has 1 aromatic carbocycles. The first-order valence-electron chi connectivity index (χ1n) is 6.19. The second-order valence-corrected chi connectivity index (χ2v) is 5.12. The van der Waals surface area contributed by atoms with E-state index in [-0.39, 0.29) is 5.78 Å². The second kappa shape index (κ2) is 6.73. The predicted octanol–water partition coefficient (Wildman–Crippen LogP) is 4.41. The Labute approximate surface area is 127 Å². The molecule has 0 aliphatic carbocycles. The smallest absolute Gasteiger partial charge is 0.194 e. The lowest BCUT2D eigenvalue weighted by Crippen LogP contribution is -2.03. The number of rotatable bonds is 5. The van der Waals surface area contributed by atoms with Gasteiger partial charge in [0.15, 0.2) is 5.78 Å². The maximum Gasteiger partial charge on any atom is 0.194 e. The number of hydrogen-bond acceptors (Lipinski definition) is 3. The van der Waals surface area contributed by atoms with Crippen LogP contribution in [0.5, 0.6) is 5.75 Å². The molecule has 0 bridgehead atoms. The summed E-state index contributed by atoms with van der Waals surface area (Å²) in [5, 5.41) is 0.847. The van der Waals surface area contributed by atoms with Gasteiger partial charge in [-0.05, 0) is 30.7 Å². The Morgan fingerprint density at radius 1 is 1.10 bits per heavy atom. The average molecular weight is 310 g/mol. The number of carbonyl (C=O) groups excluding carboxylic acids is 1. The number of nitrogens with zero attached hydrogens (tertiary/aromatic N) is 1. The Morgan fingerprint density at radius 3 is 2.45 bits per heavy atom. The molecule has 104 valence electrons. The highest BCUT2D eigenvalue weighted by molar-refractivity contribution is 6.35. The third kappa shape index (κ3) is 3.71. The van der Waals surface area contributed by atoms with Crippen LogP contribution in [-0.4, -0.2) is 17.4 Å². The molecule has 0 radical (unpaired) electrons. The molecule has 0 saturated carbocycles. The molecule has 0 aliphatic rings. The van der Waals surface area contributed by atoms with Crippen molar-refractivity contribution < 1.29 is 9.53 Å². The summed E-state index contributed by atoms with van der Waals surface area (Å²) < 4.78 is 5.46. The highest BCUT2D eigenvalue weighted by Gasteiger charge is 2.12. The summed E-state index contributed by atoms with van der Waals surface area (Å²) in [6, 6.07) is 6.41. The fourth-order valence-electron chi connectivity index (χ4n) is 1.69. The van der Waals surface area contributed by atoms with Crippen LogP contribution in [0.2, 0.25) is 10.0 Å². The maximum absolute atomic E-state index is 12.4. The van der Waals surface area contributed by atoms with Gasteiger partial charge >= 0.3 is 0 Å². The van der Waals surface area contributed by atoms with Crippen molar-refractivity contribution in [3.8, 4) is 5.75 Å². The van der Waals surface area contributed by atoms with Crippen molar-refractivity contribution in [2.45, 2.75) is 13.3 Å². The van der Waals surface area contributed by atoms with Crippen LogP contribution in [0, 0.1) is 0 Å². The first kappa shape index (κ1) is 14.8. The molecular weight excluding hydrogens is 297 g/mol. The van der Waals surface area contributed by atoms with E-state index in [0.717, 1.165) is 6.42 Å². The van der Waals surface area contributed by atoms with Gasteiger partial charge in [-0.15, -0.1) is 0 Å². The minimum atomic E-state index is -0.191. The van der Waals surface area contributed by atoms with Crippen LogP contribution in [0.4, 0.5) is 0 Å². The Morgan fingerprint density at radius 2 is 1.80 bits per heavy atom. The summed E-state index contributed by atoms with van der Waals surface area (Å²) in [6.45, 7) is 2.60. The lowest BCUT2D eigenvalue weighted by molar-refractivity contribution is 0.103. The van der Waals surface area contributed by atoms with E-state index in [1.165, 1.54) is 6.20 Å². The Kier molecular flexibility index (Phi) is 4.99. The van der Waals surface area contributed by atoms with E-state index in [1.54, 1.807) is 30.5 Å². The molecule has 2 rings (SSSR count). The quantitative estimate of drug-likeness (QED) is 0.768. The third-order valence-corrected chi connectivity index (χ3v) is 3.01. The molecule has 20 heavy (non-hydrogen) atoms. The van der Waals surface area contributed by atoms with Crippen molar-refractivity contribution in [3.05, 3.63) is 57.8 Å². The van der Waals surface area contributed by atoms with Crippen LogP contribution in [0.1, 0.15) is 29.3 Å². The maximum atomic E-state index is 12.4. The van der Waals surface area contributed by atoms with Crippen molar-refractivity contribution in [3.63, 3.8) is 0 Å². The lowest BCUT2D eigenvalue weighted by Gasteiger charge is -2.06. The number of carbonyl (C=O) groups is 1. The topological polar surface area (TPSA) is 39.2 Å². The predicted molar refractivity (Wildman–Crippen MR) is 79.9 cm³/mol. The minimum Gasteiger partial charge on any atom is -0.492 e. The van der Waals surface area contributed by atoms with Gasteiger partial charge in [0.1, 0.15) is 5.75 Å². The van der Waals surface area contributed by atoms with Crippen molar-refractivity contribution in [1.82, 2.24) is 4.98 Å². The first-order valence-corrected chi connectivity index (χ1v) is 6.94. The highest BCUT2D eigenvalue weighted by Crippen LogP contribution is 2.22. The standard InChI is InChI=1S/C15H13Cl2NO2/c1-2-3-20-14-6-11(8-18-9-14)15(19)10-4-12(16)7-13(17)5-10/h4-9H,2-3H2,1H3. The zero-order valence-electron chi connectivity index (χ0n) is 10.9. The van der Waals surface area contributed by atoms with E-state index in [9.17, 15) is 4.79 Å². The lowest BCUT2D eigenvalue weighted by atomic mass is 10.1. The van der Waals surface area contributed by atoms with E-state index in [0.29, 0.717) is 33.5 Å². The van der Waals surface area contributed by atoms with Gasteiger partial charge < -0.3 is 4.74 Å². The van der Waals surface area contributed by atoms with Crippen molar-refractivity contribution in [2.24, 2.45) is 0 Å². The number of benzene rings is 1. The van der Waals surface area contributed by atoms with Crippen LogP contribution < -0.4 is 4.74 Å². The zero-order valence-corrected chi connectivity index (χ0v) is 12.4. The van der Waals surface area contributed by atoms with Crippen LogP contribution in [0.25, 0.3) is 0 Å². The van der Waals surface area contributed by atoms with E-state index in [2.05, 4.69) is 4.98 Å². The van der Waals surface area contributed by atoms with E-state index < -0.39 is 0 Å². The second-order valence-electron chi connectivity index (χ2n) is 4.25. The van der Waals surface area contributed by atoms with Gasteiger partial charge in [-0.25, -0.2) is 0 Å². The summed E-state index contributed by atoms with van der Waals surface area (Å²) in [4.78, 5) is 16.4. The van der Waals surface area contributed by atoms with Crippen LogP contribution in [0.15, 0.2) is 36.7 Å². The number of aromatic nitrogens is 1. The fraction of sp³-hybridized carbons (Fsp3) is 0.200. The number of hydrogen-bond donors (Lipinski definition) is 0. The molecule has 0 spiro atoms. The number of pyridine rings is 1. The number of ketones is 1. The van der Waals surface area contributed by atoms with Crippen molar-refractivity contribution in [1.29, 1.82) is 0 Å².